The van der Waals surface area contributed by atoms with Gasteiger partial charge in [0.15, 0.2) is 6.23 Å². The fourth-order valence-electron chi connectivity index (χ4n) is 4.88. The van der Waals surface area contributed by atoms with Crippen LogP contribution in [0.1, 0.15) is 55.7 Å². The number of ether oxygens (including phenoxy) is 3. The lowest BCUT2D eigenvalue weighted by Gasteiger charge is -2.23. The average Bonchev–Trinajstić information content (AvgIpc) is 3.39. The van der Waals surface area contributed by atoms with Gasteiger partial charge in [-0.15, -0.1) is 0 Å². The van der Waals surface area contributed by atoms with Crippen LogP contribution in [-0.2, 0) is 9.47 Å². The Labute approximate surface area is 222 Å². The van der Waals surface area contributed by atoms with Crippen LogP contribution < -0.4 is 10.5 Å². The van der Waals surface area contributed by atoms with Crippen molar-refractivity contribution in [3.05, 3.63) is 89.7 Å². The maximum Gasteiger partial charge on any atom is 0.404 e. The lowest BCUT2D eigenvalue weighted by atomic mass is 9.90. The molecule has 0 aliphatic carbocycles. The molecule has 1 aliphatic heterocycles. The van der Waals surface area contributed by atoms with Crippen molar-refractivity contribution in [2.24, 2.45) is 5.73 Å². The van der Waals surface area contributed by atoms with E-state index in [2.05, 4.69) is 48.4 Å². The molecule has 8 heteroatoms. The van der Waals surface area contributed by atoms with Crippen molar-refractivity contribution in [3.8, 4) is 5.75 Å². The van der Waals surface area contributed by atoms with Gasteiger partial charge in [-0.2, -0.15) is 5.10 Å². The first-order valence-electron chi connectivity index (χ1n) is 13.0. The number of allylic oxidation sites excluding steroid dienone is 1. The number of fused-ring (bicyclic) bond motifs is 1. The molecule has 1 fully saturated rings. The van der Waals surface area contributed by atoms with Gasteiger partial charge < -0.3 is 19.9 Å². The molecule has 2 aromatic heterocycles. The van der Waals surface area contributed by atoms with Gasteiger partial charge in [-0.3, -0.25) is 0 Å². The summed E-state index contributed by atoms with van der Waals surface area (Å²) in [5.41, 5.74) is 12.1. The van der Waals surface area contributed by atoms with Crippen LogP contribution >= 0.6 is 0 Å². The largest absolute Gasteiger partial charge is 0.490 e. The minimum absolute atomic E-state index is 0.0413. The van der Waals surface area contributed by atoms with Gasteiger partial charge in [0, 0.05) is 12.2 Å². The van der Waals surface area contributed by atoms with Crippen molar-refractivity contribution in [1.82, 2.24) is 14.8 Å². The van der Waals surface area contributed by atoms with E-state index in [-0.39, 0.29) is 19.4 Å². The Balaban J connectivity index is 1.52. The molecule has 0 saturated carbocycles. The Bertz CT molecular complexity index is 1410. The third-order valence-corrected chi connectivity index (χ3v) is 6.66. The molecule has 38 heavy (non-hydrogen) atoms. The van der Waals surface area contributed by atoms with Crippen LogP contribution in [0.2, 0.25) is 0 Å². The Morgan fingerprint density at radius 2 is 1.84 bits per heavy atom. The summed E-state index contributed by atoms with van der Waals surface area (Å²) in [4.78, 5) is 15.8. The molecule has 4 aromatic rings. The molecule has 1 atom stereocenters. The molecule has 1 amide bonds. The molecule has 8 nitrogen and oxygen atoms in total. The van der Waals surface area contributed by atoms with Gasteiger partial charge in [0.1, 0.15) is 24.5 Å². The van der Waals surface area contributed by atoms with E-state index in [4.69, 9.17) is 24.9 Å². The number of hydrogen-bond donors (Lipinski definition) is 1. The zero-order valence-corrected chi connectivity index (χ0v) is 21.5. The van der Waals surface area contributed by atoms with Crippen molar-refractivity contribution in [1.29, 1.82) is 0 Å². The fraction of sp³-hybridized carbons (Fsp3) is 0.300. The maximum absolute atomic E-state index is 10.8. The highest BCUT2D eigenvalue weighted by Gasteiger charge is 2.20. The van der Waals surface area contributed by atoms with Crippen molar-refractivity contribution >= 4 is 28.3 Å². The Morgan fingerprint density at radius 1 is 1.03 bits per heavy atom. The quantitative estimate of drug-likeness (QED) is 0.219. The van der Waals surface area contributed by atoms with Crippen LogP contribution in [0, 0.1) is 0 Å². The summed E-state index contributed by atoms with van der Waals surface area (Å²) in [5.74, 6) is 0.677. The van der Waals surface area contributed by atoms with E-state index in [1.54, 1.807) is 0 Å². The highest BCUT2D eigenvalue weighted by atomic mass is 16.6. The van der Waals surface area contributed by atoms with Crippen LogP contribution in [0.25, 0.3) is 22.2 Å². The number of carbonyl (C=O) groups excluding carboxylic acids is 1. The average molecular weight is 513 g/mol. The van der Waals surface area contributed by atoms with Crippen LogP contribution in [0.3, 0.4) is 0 Å². The molecule has 1 saturated heterocycles. The van der Waals surface area contributed by atoms with Crippen molar-refractivity contribution in [3.63, 3.8) is 0 Å². The van der Waals surface area contributed by atoms with Gasteiger partial charge >= 0.3 is 6.09 Å². The number of pyridine rings is 1. The topological polar surface area (TPSA) is 101 Å². The van der Waals surface area contributed by atoms with E-state index in [0.717, 1.165) is 65.7 Å². The first-order chi connectivity index (χ1) is 18.6. The molecule has 0 radical (unpaired) electrons. The SMILES string of the molecule is CCC(=C(c1ccc(OCCOC(N)=O)cc1)c1ccc2c(cnn2C2CCCCO2)n1)c1ccccc1. The summed E-state index contributed by atoms with van der Waals surface area (Å²) in [5, 5.41) is 4.63. The van der Waals surface area contributed by atoms with Gasteiger partial charge in [-0.05, 0) is 66.6 Å². The van der Waals surface area contributed by atoms with Crippen molar-refractivity contribution < 1.29 is 19.0 Å². The van der Waals surface area contributed by atoms with E-state index >= 15 is 0 Å². The predicted octanol–water partition coefficient (Wildman–Crippen LogP) is 5.97. The Morgan fingerprint density at radius 3 is 2.55 bits per heavy atom. The number of aromatic nitrogens is 3. The van der Waals surface area contributed by atoms with E-state index in [1.165, 1.54) is 5.57 Å². The molecular formula is C30H32N4O4. The van der Waals surface area contributed by atoms with Gasteiger partial charge in [0.05, 0.1) is 17.4 Å². The van der Waals surface area contributed by atoms with E-state index < -0.39 is 6.09 Å². The highest BCUT2D eigenvalue weighted by molar-refractivity contribution is 5.98. The number of primary amides is 1. The Hall–Kier alpha value is -4.17. The standard InChI is InChI=1S/C30H32N4O4/c1-2-24(21-8-4-3-5-9-21)29(22-11-13-23(14-12-22)36-18-19-38-30(31)35)25-15-16-27-26(33-25)20-32-34(27)28-10-6-7-17-37-28/h3-5,8-9,11-16,20,28H,2,6-7,10,17-19H2,1H3,(H2,31,35). The number of nitrogens with two attached hydrogens (primary N) is 1. The monoisotopic (exact) mass is 512 g/mol. The predicted molar refractivity (Wildman–Crippen MR) is 146 cm³/mol. The number of amides is 1. The second-order valence-electron chi connectivity index (χ2n) is 9.12. The summed E-state index contributed by atoms with van der Waals surface area (Å²) in [6.07, 6.45) is 4.99. The lowest BCUT2D eigenvalue weighted by molar-refractivity contribution is -0.0366. The maximum atomic E-state index is 10.8. The highest BCUT2D eigenvalue weighted by Crippen LogP contribution is 2.35. The minimum atomic E-state index is -0.812. The van der Waals surface area contributed by atoms with Crippen LogP contribution in [0.4, 0.5) is 4.79 Å². The number of benzene rings is 2. The number of hydrogen-bond acceptors (Lipinski definition) is 6. The third kappa shape index (κ3) is 5.70. The van der Waals surface area contributed by atoms with Crippen LogP contribution in [-0.4, -0.2) is 40.7 Å². The second kappa shape index (κ2) is 11.9. The smallest absolute Gasteiger partial charge is 0.404 e. The van der Waals surface area contributed by atoms with Crippen LogP contribution in [0.15, 0.2) is 72.9 Å². The molecule has 3 heterocycles. The van der Waals surface area contributed by atoms with Crippen molar-refractivity contribution in [2.75, 3.05) is 19.8 Å². The third-order valence-electron chi connectivity index (χ3n) is 6.66. The lowest BCUT2D eigenvalue weighted by Crippen LogP contribution is -2.18. The van der Waals surface area contributed by atoms with Gasteiger partial charge in [-0.25, -0.2) is 14.5 Å². The summed E-state index contributed by atoms with van der Waals surface area (Å²) in [7, 11) is 0. The normalized spacial score (nSPS) is 16.2. The molecule has 0 spiro atoms. The molecular weight excluding hydrogens is 480 g/mol. The summed E-state index contributed by atoms with van der Waals surface area (Å²) in [6, 6.07) is 22.4. The molecule has 1 aliphatic rings. The van der Waals surface area contributed by atoms with E-state index in [0.29, 0.717) is 5.75 Å². The molecule has 5 rings (SSSR count). The van der Waals surface area contributed by atoms with E-state index in [9.17, 15) is 4.79 Å². The molecule has 2 N–H and O–H groups in total. The summed E-state index contributed by atoms with van der Waals surface area (Å²) < 4.78 is 18.4. The first-order valence-corrected chi connectivity index (χ1v) is 13.0. The second-order valence-corrected chi connectivity index (χ2v) is 9.12. The molecule has 0 bridgehead atoms. The minimum Gasteiger partial charge on any atom is -0.490 e. The van der Waals surface area contributed by atoms with Crippen LogP contribution in [0.5, 0.6) is 5.75 Å². The zero-order chi connectivity index (χ0) is 26.3. The Kier molecular flexibility index (Phi) is 7.99. The number of rotatable bonds is 9. The molecule has 196 valence electrons. The van der Waals surface area contributed by atoms with Gasteiger partial charge in [0.2, 0.25) is 0 Å². The van der Waals surface area contributed by atoms with Gasteiger partial charge in [-0.1, -0.05) is 49.4 Å². The van der Waals surface area contributed by atoms with Crippen molar-refractivity contribution in [2.45, 2.75) is 38.8 Å². The first kappa shape index (κ1) is 25.5. The molecule has 2 aromatic carbocycles. The number of nitrogens with zero attached hydrogens (tertiary/aromatic N) is 3. The fourth-order valence-corrected chi connectivity index (χ4v) is 4.88. The summed E-state index contributed by atoms with van der Waals surface area (Å²) >= 11 is 0. The van der Waals surface area contributed by atoms with Gasteiger partial charge in [0.25, 0.3) is 0 Å². The zero-order valence-electron chi connectivity index (χ0n) is 21.5. The van der Waals surface area contributed by atoms with E-state index in [1.807, 2.05) is 41.2 Å². The molecule has 1 unspecified atom stereocenters. The summed E-state index contributed by atoms with van der Waals surface area (Å²) in [6.45, 7) is 3.25. The number of carbonyl (C=O) groups is 1.